The highest BCUT2D eigenvalue weighted by Crippen LogP contribution is 2.27. The summed E-state index contributed by atoms with van der Waals surface area (Å²) >= 11 is 7.46. The highest BCUT2D eigenvalue weighted by atomic mass is 35.5. The first-order valence-corrected chi connectivity index (χ1v) is 6.87. The Kier molecular flexibility index (Phi) is 4.51. The number of halogens is 1. The van der Waals surface area contributed by atoms with Crippen molar-refractivity contribution in [3.05, 3.63) is 41.1 Å². The van der Waals surface area contributed by atoms with Gasteiger partial charge in [-0.2, -0.15) is 0 Å². The number of carbonyl (C=O) groups excluding carboxylic acids is 1. The summed E-state index contributed by atoms with van der Waals surface area (Å²) in [5, 5.41) is 0.684. The van der Waals surface area contributed by atoms with Crippen LogP contribution < -0.4 is 0 Å². The molecule has 0 saturated carbocycles. The molecule has 0 fully saturated rings. The minimum Gasteiger partial charge on any atom is -0.490 e. The Bertz CT molecular complexity index is 443. The monoisotopic (exact) mass is 268 g/mol. The fourth-order valence-electron chi connectivity index (χ4n) is 1.53. The Morgan fingerprint density at radius 3 is 2.94 bits per heavy atom. The minimum absolute atomic E-state index is 0.0367. The second-order valence-electron chi connectivity index (χ2n) is 3.70. The average molecular weight is 269 g/mol. The minimum atomic E-state index is 0.0367. The molecule has 1 heterocycles. The standard InChI is InChI=1S/C13H13ClO2S/c14-10-5-1-2-7-13(10)17-9-11(15)12-6-3-4-8-16-12/h1-2,5-7H,3-4,8-9H2. The second-order valence-corrected chi connectivity index (χ2v) is 5.13. The van der Waals surface area contributed by atoms with Gasteiger partial charge in [0.15, 0.2) is 5.76 Å². The summed E-state index contributed by atoms with van der Waals surface area (Å²) in [7, 11) is 0. The van der Waals surface area contributed by atoms with Gasteiger partial charge in [0.05, 0.1) is 17.4 Å². The van der Waals surface area contributed by atoms with Gasteiger partial charge in [-0.1, -0.05) is 23.7 Å². The van der Waals surface area contributed by atoms with Crippen molar-refractivity contribution in [2.45, 2.75) is 17.7 Å². The van der Waals surface area contributed by atoms with E-state index in [0.717, 1.165) is 17.7 Å². The van der Waals surface area contributed by atoms with Crippen LogP contribution in [-0.2, 0) is 9.53 Å². The zero-order valence-corrected chi connectivity index (χ0v) is 10.9. The largest absolute Gasteiger partial charge is 0.490 e. The highest BCUT2D eigenvalue weighted by Gasteiger charge is 2.14. The Morgan fingerprint density at radius 1 is 1.41 bits per heavy atom. The molecular weight excluding hydrogens is 256 g/mol. The molecule has 0 atom stereocenters. The van der Waals surface area contributed by atoms with Crippen molar-refractivity contribution >= 4 is 29.1 Å². The van der Waals surface area contributed by atoms with Crippen molar-refractivity contribution in [1.29, 1.82) is 0 Å². The molecule has 1 aliphatic rings. The summed E-state index contributed by atoms with van der Waals surface area (Å²) < 4.78 is 5.32. The van der Waals surface area contributed by atoms with Gasteiger partial charge in [-0.05, 0) is 31.1 Å². The molecule has 2 rings (SSSR count). The molecule has 0 radical (unpaired) electrons. The fourth-order valence-corrected chi connectivity index (χ4v) is 2.64. The van der Waals surface area contributed by atoms with Crippen LogP contribution in [0, 0.1) is 0 Å². The van der Waals surface area contributed by atoms with Crippen LogP contribution >= 0.6 is 23.4 Å². The third-order valence-corrected chi connectivity index (χ3v) is 3.92. The fraction of sp³-hybridized carbons (Fsp3) is 0.308. The van der Waals surface area contributed by atoms with Gasteiger partial charge in [-0.3, -0.25) is 4.79 Å². The Morgan fingerprint density at radius 2 is 2.24 bits per heavy atom. The van der Waals surface area contributed by atoms with Gasteiger partial charge in [-0.25, -0.2) is 0 Å². The van der Waals surface area contributed by atoms with E-state index in [1.165, 1.54) is 11.8 Å². The molecule has 0 bridgehead atoms. The van der Waals surface area contributed by atoms with Crippen LogP contribution in [0.3, 0.4) is 0 Å². The number of thioether (sulfide) groups is 1. The van der Waals surface area contributed by atoms with E-state index in [4.69, 9.17) is 16.3 Å². The van der Waals surface area contributed by atoms with Crippen LogP contribution in [0.4, 0.5) is 0 Å². The third-order valence-electron chi connectivity index (χ3n) is 2.41. The predicted octanol–water partition coefficient (Wildman–Crippen LogP) is 3.70. The lowest BCUT2D eigenvalue weighted by Gasteiger charge is -2.13. The smallest absolute Gasteiger partial charge is 0.207 e. The molecule has 1 aliphatic heterocycles. The van der Waals surface area contributed by atoms with E-state index in [1.807, 2.05) is 30.3 Å². The van der Waals surface area contributed by atoms with Gasteiger partial charge in [-0.15, -0.1) is 11.8 Å². The van der Waals surface area contributed by atoms with Gasteiger partial charge in [0, 0.05) is 4.90 Å². The summed E-state index contributed by atoms with van der Waals surface area (Å²) in [5.41, 5.74) is 0. The summed E-state index contributed by atoms with van der Waals surface area (Å²) in [4.78, 5) is 12.8. The number of allylic oxidation sites excluding steroid dienone is 2. The maximum Gasteiger partial charge on any atom is 0.207 e. The first kappa shape index (κ1) is 12.5. The van der Waals surface area contributed by atoms with Crippen molar-refractivity contribution in [2.75, 3.05) is 12.4 Å². The lowest BCUT2D eigenvalue weighted by Crippen LogP contribution is -2.12. The molecule has 17 heavy (non-hydrogen) atoms. The van der Waals surface area contributed by atoms with E-state index in [1.54, 1.807) is 0 Å². The molecule has 4 heteroatoms. The summed E-state index contributed by atoms with van der Waals surface area (Å²) in [6.07, 6.45) is 3.80. The van der Waals surface area contributed by atoms with E-state index >= 15 is 0 Å². The quantitative estimate of drug-likeness (QED) is 0.779. The Labute approximate surface area is 110 Å². The topological polar surface area (TPSA) is 26.3 Å². The van der Waals surface area contributed by atoms with Crippen LogP contribution in [0.1, 0.15) is 12.8 Å². The van der Waals surface area contributed by atoms with Gasteiger partial charge in [0.2, 0.25) is 5.78 Å². The molecule has 0 saturated heterocycles. The van der Waals surface area contributed by atoms with Crippen LogP contribution in [0.2, 0.25) is 5.02 Å². The predicted molar refractivity (Wildman–Crippen MR) is 70.5 cm³/mol. The van der Waals surface area contributed by atoms with Crippen LogP contribution in [0.25, 0.3) is 0 Å². The number of ether oxygens (including phenoxy) is 1. The molecule has 0 unspecified atom stereocenters. The lowest BCUT2D eigenvalue weighted by molar-refractivity contribution is -0.116. The SMILES string of the molecule is O=C(CSc1ccccc1Cl)C1=CCCCO1. The Hall–Kier alpha value is -0.930. The molecule has 0 N–H and O–H groups in total. The van der Waals surface area contributed by atoms with Crippen LogP contribution in [-0.4, -0.2) is 18.1 Å². The lowest BCUT2D eigenvalue weighted by atomic mass is 10.2. The number of hydrogen-bond acceptors (Lipinski definition) is 3. The van der Waals surface area contributed by atoms with Crippen molar-refractivity contribution in [2.24, 2.45) is 0 Å². The molecule has 0 aromatic heterocycles. The van der Waals surface area contributed by atoms with Gasteiger partial charge in [0.25, 0.3) is 0 Å². The normalized spacial score (nSPS) is 15.0. The van der Waals surface area contributed by atoms with Gasteiger partial charge in [0.1, 0.15) is 0 Å². The van der Waals surface area contributed by atoms with Crippen molar-refractivity contribution < 1.29 is 9.53 Å². The highest BCUT2D eigenvalue weighted by molar-refractivity contribution is 8.00. The van der Waals surface area contributed by atoms with Crippen LogP contribution in [0.5, 0.6) is 0 Å². The van der Waals surface area contributed by atoms with Crippen LogP contribution in [0.15, 0.2) is 41.0 Å². The van der Waals surface area contributed by atoms with E-state index in [0.29, 0.717) is 23.1 Å². The zero-order chi connectivity index (χ0) is 12.1. The number of rotatable bonds is 4. The van der Waals surface area contributed by atoms with E-state index in [2.05, 4.69) is 0 Å². The molecular formula is C13H13ClO2S. The molecule has 1 aromatic rings. The Balaban J connectivity index is 1.92. The molecule has 0 aliphatic carbocycles. The molecule has 2 nitrogen and oxygen atoms in total. The summed E-state index contributed by atoms with van der Waals surface area (Å²) in [5.74, 6) is 0.917. The number of hydrogen-bond donors (Lipinski definition) is 0. The molecule has 90 valence electrons. The molecule has 0 amide bonds. The van der Waals surface area contributed by atoms with Gasteiger partial charge < -0.3 is 4.74 Å². The number of carbonyl (C=O) groups is 1. The van der Waals surface area contributed by atoms with E-state index < -0.39 is 0 Å². The zero-order valence-electron chi connectivity index (χ0n) is 9.32. The molecule has 0 spiro atoms. The van der Waals surface area contributed by atoms with Crippen molar-refractivity contribution in [1.82, 2.24) is 0 Å². The first-order chi connectivity index (χ1) is 8.27. The van der Waals surface area contributed by atoms with E-state index in [-0.39, 0.29) is 5.78 Å². The summed E-state index contributed by atoms with van der Waals surface area (Å²) in [6, 6.07) is 7.52. The third kappa shape index (κ3) is 3.51. The number of benzene rings is 1. The average Bonchev–Trinajstić information content (AvgIpc) is 2.38. The van der Waals surface area contributed by atoms with E-state index in [9.17, 15) is 4.79 Å². The number of ketones is 1. The summed E-state index contributed by atoms with van der Waals surface area (Å²) in [6.45, 7) is 0.647. The van der Waals surface area contributed by atoms with Crippen molar-refractivity contribution in [3.8, 4) is 0 Å². The maximum absolute atomic E-state index is 11.8. The number of Topliss-reactive ketones (excluding diaryl/α,β-unsaturated/α-hetero) is 1. The van der Waals surface area contributed by atoms with Crippen molar-refractivity contribution in [3.63, 3.8) is 0 Å². The van der Waals surface area contributed by atoms with Gasteiger partial charge >= 0.3 is 0 Å². The first-order valence-electron chi connectivity index (χ1n) is 5.51. The second kappa shape index (κ2) is 6.12. The maximum atomic E-state index is 11.8. The molecule has 1 aromatic carbocycles.